The average molecular weight is 261 g/mol. The van der Waals surface area contributed by atoms with Crippen molar-refractivity contribution in [3.63, 3.8) is 0 Å². The summed E-state index contributed by atoms with van der Waals surface area (Å²) in [6.07, 6.45) is 5.23. The van der Waals surface area contributed by atoms with E-state index < -0.39 is 0 Å². The Morgan fingerprint density at radius 2 is 1.75 bits per heavy atom. The van der Waals surface area contributed by atoms with Crippen molar-refractivity contribution in [3.05, 3.63) is 55.1 Å². The third kappa shape index (κ3) is 1.60. The number of aromatic amines is 2. The normalized spacial score (nSPS) is 11.0. The van der Waals surface area contributed by atoms with E-state index in [4.69, 9.17) is 0 Å². The Morgan fingerprint density at radius 3 is 2.60 bits per heavy atom. The second kappa shape index (κ2) is 4.31. The van der Waals surface area contributed by atoms with Crippen molar-refractivity contribution < 1.29 is 0 Å². The van der Waals surface area contributed by atoms with Crippen LogP contribution in [0.4, 0.5) is 0 Å². The van der Waals surface area contributed by atoms with Crippen LogP contribution in [0.25, 0.3) is 33.5 Å². The third-order valence-electron chi connectivity index (χ3n) is 3.35. The lowest BCUT2D eigenvalue weighted by molar-refractivity contribution is 1.10. The van der Waals surface area contributed by atoms with Gasteiger partial charge < -0.3 is 4.98 Å². The van der Waals surface area contributed by atoms with Gasteiger partial charge in [0.1, 0.15) is 12.0 Å². The smallest absolute Gasteiger partial charge is 0.156 e. The Labute approximate surface area is 114 Å². The minimum atomic E-state index is 0.765. The molecule has 1 aromatic carbocycles. The number of aromatic nitrogens is 5. The molecule has 96 valence electrons. The molecule has 0 saturated heterocycles. The Morgan fingerprint density at radius 1 is 0.850 bits per heavy atom. The zero-order valence-electron chi connectivity index (χ0n) is 10.5. The molecule has 3 aromatic heterocycles. The quantitative estimate of drug-likeness (QED) is 0.582. The van der Waals surface area contributed by atoms with Crippen molar-refractivity contribution in [2.45, 2.75) is 0 Å². The molecule has 0 saturated carbocycles. The summed E-state index contributed by atoms with van der Waals surface area (Å²) >= 11 is 0. The number of rotatable bonds is 2. The first kappa shape index (κ1) is 10.9. The number of fused-ring (bicyclic) bond motifs is 1. The molecule has 0 atom stereocenters. The molecule has 0 radical (unpaired) electrons. The lowest BCUT2D eigenvalue weighted by atomic mass is 9.98. The van der Waals surface area contributed by atoms with Crippen LogP contribution in [0.1, 0.15) is 0 Å². The summed E-state index contributed by atoms with van der Waals surface area (Å²) in [5.74, 6) is 0.765. The lowest BCUT2D eigenvalue weighted by Gasteiger charge is -2.08. The molecule has 0 amide bonds. The summed E-state index contributed by atoms with van der Waals surface area (Å²) < 4.78 is 0. The molecule has 3 heterocycles. The highest BCUT2D eigenvalue weighted by Gasteiger charge is 2.12. The minimum absolute atomic E-state index is 0.765. The summed E-state index contributed by atoms with van der Waals surface area (Å²) in [5.41, 5.74) is 4.15. The third-order valence-corrected chi connectivity index (χ3v) is 3.35. The minimum Gasteiger partial charge on any atom is -0.346 e. The van der Waals surface area contributed by atoms with Gasteiger partial charge in [-0.15, -0.1) is 0 Å². The Kier molecular flexibility index (Phi) is 2.35. The van der Waals surface area contributed by atoms with Gasteiger partial charge in [-0.1, -0.05) is 24.3 Å². The van der Waals surface area contributed by atoms with E-state index in [1.165, 1.54) is 6.33 Å². The van der Waals surface area contributed by atoms with E-state index in [1.54, 1.807) is 0 Å². The van der Waals surface area contributed by atoms with E-state index in [1.807, 2.05) is 42.7 Å². The van der Waals surface area contributed by atoms with Crippen LogP contribution in [0.3, 0.4) is 0 Å². The van der Waals surface area contributed by atoms with Crippen LogP contribution < -0.4 is 0 Å². The lowest BCUT2D eigenvalue weighted by Crippen LogP contribution is -1.88. The Hall–Kier alpha value is -2.95. The molecule has 5 heteroatoms. The SMILES string of the molecule is c1ccc(-c2ccnc3[nH]ccc23)c(-c2ncn[nH]2)c1. The standard InChI is InChI=1S/C15H11N5/c1-2-4-12(15-18-9-19-20-15)10(3-1)11-5-7-16-14-13(11)6-8-17-14/h1-9H,(H,16,17)(H,18,19,20). The Bertz CT molecular complexity index is 861. The van der Waals surface area contributed by atoms with E-state index in [9.17, 15) is 0 Å². The van der Waals surface area contributed by atoms with Crippen LogP contribution in [0.15, 0.2) is 55.1 Å². The maximum atomic E-state index is 4.33. The van der Waals surface area contributed by atoms with Crippen LogP contribution in [0.2, 0.25) is 0 Å². The predicted molar refractivity (Wildman–Crippen MR) is 76.9 cm³/mol. The first-order valence-corrected chi connectivity index (χ1v) is 6.31. The van der Waals surface area contributed by atoms with E-state index in [0.717, 1.165) is 33.5 Å². The van der Waals surface area contributed by atoms with Gasteiger partial charge in [0.15, 0.2) is 5.82 Å². The van der Waals surface area contributed by atoms with E-state index >= 15 is 0 Å². The van der Waals surface area contributed by atoms with Gasteiger partial charge in [0.05, 0.1) is 0 Å². The second-order valence-electron chi connectivity index (χ2n) is 4.48. The number of H-pyrrole nitrogens is 2. The van der Waals surface area contributed by atoms with E-state index in [-0.39, 0.29) is 0 Å². The molecule has 4 rings (SSSR count). The van der Waals surface area contributed by atoms with Crippen molar-refractivity contribution in [3.8, 4) is 22.5 Å². The van der Waals surface area contributed by atoms with Crippen molar-refractivity contribution in [1.29, 1.82) is 0 Å². The van der Waals surface area contributed by atoms with Crippen LogP contribution in [-0.2, 0) is 0 Å². The molecule has 0 unspecified atom stereocenters. The zero-order valence-corrected chi connectivity index (χ0v) is 10.5. The molecule has 0 aliphatic rings. The number of hydrogen-bond acceptors (Lipinski definition) is 3. The maximum absolute atomic E-state index is 4.33. The number of nitrogens with one attached hydrogen (secondary N) is 2. The zero-order chi connectivity index (χ0) is 13.4. The highest BCUT2D eigenvalue weighted by atomic mass is 15.2. The molecule has 5 nitrogen and oxygen atoms in total. The van der Waals surface area contributed by atoms with Gasteiger partial charge in [-0.05, 0) is 23.3 Å². The monoisotopic (exact) mass is 261 g/mol. The number of nitrogens with zero attached hydrogens (tertiary/aromatic N) is 3. The molecule has 0 aliphatic carbocycles. The van der Waals surface area contributed by atoms with Crippen LogP contribution >= 0.6 is 0 Å². The fraction of sp³-hybridized carbons (Fsp3) is 0. The molecule has 20 heavy (non-hydrogen) atoms. The second-order valence-corrected chi connectivity index (χ2v) is 4.48. The number of benzene rings is 1. The van der Waals surface area contributed by atoms with Crippen molar-refractivity contribution in [2.75, 3.05) is 0 Å². The highest BCUT2D eigenvalue weighted by Crippen LogP contribution is 2.33. The largest absolute Gasteiger partial charge is 0.346 e. The van der Waals surface area contributed by atoms with Gasteiger partial charge in [0, 0.05) is 23.3 Å². The summed E-state index contributed by atoms with van der Waals surface area (Å²) in [6.45, 7) is 0. The fourth-order valence-corrected chi connectivity index (χ4v) is 2.46. The molecular weight excluding hydrogens is 250 g/mol. The molecule has 0 spiro atoms. The number of pyridine rings is 1. The van der Waals surface area contributed by atoms with E-state index in [2.05, 4.69) is 31.2 Å². The molecule has 4 aromatic rings. The maximum Gasteiger partial charge on any atom is 0.156 e. The van der Waals surface area contributed by atoms with Crippen molar-refractivity contribution >= 4 is 11.0 Å². The summed E-state index contributed by atoms with van der Waals surface area (Å²) in [5, 5.41) is 7.95. The first-order valence-electron chi connectivity index (χ1n) is 6.31. The van der Waals surface area contributed by atoms with Crippen LogP contribution in [0, 0.1) is 0 Å². The molecule has 2 N–H and O–H groups in total. The molecular formula is C15H11N5. The van der Waals surface area contributed by atoms with Gasteiger partial charge in [0.2, 0.25) is 0 Å². The Balaban J connectivity index is 2.02. The summed E-state index contributed by atoms with van der Waals surface area (Å²) in [6, 6.07) is 12.2. The highest BCUT2D eigenvalue weighted by molar-refractivity contribution is 5.96. The van der Waals surface area contributed by atoms with Gasteiger partial charge in [-0.25, -0.2) is 9.97 Å². The number of hydrogen-bond donors (Lipinski definition) is 2. The fourth-order valence-electron chi connectivity index (χ4n) is 2.46. The topological polar surface area (TPSA) is 70.2 Å². The van der Waals surface area contributed by atoms with Gasteiger partial charge in [0.25, 0.3) is 0 Å². The molecule has 0 aliphatic heterocycles. The van der Waals surface area contributed by atoms with Crippen LogP contribution in [0.5, 0.6) is 0 Å². The van der Waals surface area contributed by atoms with Gasteiger partial charge in [-0.3, -0.25) is 5.10 Å². The summed E-state index contributed by atoms with van der Waals surface area (Å²) in [7, 11) is 0. The van der Waals surface area contributed by atoms with Crippen LogP contribution in [-0.4, -0.2) is 25.1 Å². The van der Waals surface area contributed by atoms with Crippen molar-refractivity contribution in [2.24, 2.45) is 0 Å². The van der Waals surface area contributed by atoms with Gasteiger partial charge in [-0.2, -0.15) is 5.10 Å². The molecule has 0 fully saturated rings. The van der Waals surface area contributed by atoms with E-state index in [0.29, 0.717) is 0 Å². The summed E-state index contributed by atoms with van der Waals surface area (Å²) in [4.78, 5) is 11.7. The first-order chi connectivity index (χ1) is 9.93. The van der Waals surface area contributed by atoms with Gasteiger partial charge >= 0.3 is 0 Å². The molecule has 0 bridgehead atoms. The van der Waals surface area contributed by atoms with Crippen molar-refractivity contribution in [1.82, 2.24) is 25.1 Å². The average Bonchev–Trinajstić information content (AvgIpc) is 3.18. The predicted octanol–water partition coefficient (Wildman–Crippen LogP) is 3.01.